The molecule has 1 rings (SSSR count). The van der Waals surface area contributed by atoms with Gasteiger partial charge in [-0.1, -0.05) is 0 Å². The molecule has 1 heterocycles. The van der Waals surface area contributed by atoms with Crippen LogP contribution in [0.2, 0.25) is 0 Å². The minimum atomic E-state index is -0.525. The maximum atomic E-state index is 11.8. The molecule has 6 nitrogen and oxygen atoms in total. The second-order valence-corrected chi connectivity index (χ2v) is 5.49. The third kappa shape index (κ3) is 3.75. The Balaban J connectivity index is 2.81. The molecule has 0 bridgehead atoms. The number of rotatable bonds is 2. The number of carbonyl (C=O) groups excluding carboxylic acids is 1. The Kier molecular flexibility index (Phi) is 4.25. The molecule has 0 aromatic carbocycles. The number of hydrogen-bond donors (Lipinski definition) is 0. The van der Waals surface area contributed by atoms with Gasteiger partial charge in [-0.2, -0.15) is 10.4 Å². The van der Waals surface area contributed by atoms with Crippen molar-refractivity contribution >= 4 is 19.4 Å². The summed E-state index contributed by atoms with van der Waals surface area (Å²) in [4.78, 5) is 13.3. The van der Waals surface area contributed by atoms with E-state index in [1.54, 1.807) is 14.1 Å². The first-order chi connectivity index (χ1) is 8.65. The highest BCUT2D eigenvalue weighted by atomic mass is 16.6. The topological polar surface area (TPSA) is 71.2 Å². The first-order valence-corrected chi connectivity index (χ1v) is 6.02. The summed E-state index contributed by atoms with van der Waals surface area (Å²) in [5.74, 6) is 0. The van der Waals surface area contributed by atoms with Crippen LogP contribution in [0.5, 0.6) is 0 Å². The maximum absolute atomic E-state index is 11.8. The predicted octanol–water partition coefficient (Wildman–Crippen LogP) is -0.0829. The zero-order chi connectivity index (χ0) is 14.8. The Morgan fingerprint density at radius 2 is 2.16 bits per heavy atom. The predicted molar refractivity (Wildman–Crippen MR) is 73.8 cm³/mol. The Labute approximate surface area is 114 Å². The summed E-state index contributed by atoms with van der Waals surface area (Å²) in [5.41, 5.74) is 1.47. The molecule has 1 aromatic heterocycles. The largest absolute Gasteiger partial charge is 0.444 e. The molecular formula is C12H19BN4O2. The van der Waals surface area contributed by atoms with Crippen LogP contribution in [0, 0.1) is 11.3 Å². The number of carbonyl (C=O) groups is 1. The monoisotopic (exact) mass is 262 g/mol. The highest BCUT2D eigenvalue weighted by Gasteiger charge is 2.21. The minimum Gasteiger partial charge on any atom is -0.444 e. The van der Waals surface area contributed by atoms with E-state index in [-0.39, 0.29) is 0 Å². The third-order valence-corrected chi connectivity index (χ3v) is 2.58. The molecule has 0 radical (unpaired) electrons. The van der Waals surface area contributed by atoms with E-state index in [1.165, 1.54) is 9.58 Å². The first-order valence-electron chi connectivity index (χ1n) is 6.02. The molecule has 1 aromatic rings. The summed E-state index contributed by atoms with van der Waals surface area (Å²) in [7, 11) is 5.18. The fourth-order valence-corrected chi connectivity index (χ4v) is 1.62. The van der Waals surface area contributed by atoms with Crippen molar-refractivity contribution in [1.82, 2.24) is 14.7 Å². The zero-order valence-corrected chi connectivity index (χ0v) is 12.3. The van der Waals surface area contributed by atoms with E-state index < -0.39 is 11.7 Å². The van der Waals surface area contributed by atoms with Gasteiger partial charge in [0.05, 0.1) is 12.2 Å². The van der Waals surface area contributed by atoms with Gasteiger partial charge in [0.1, 0.15) is 25.2 Å². The van der Waals surface area contributed by atoms with Gasteiger partial charge in [-0.15, -0.1) is 0 Å². The Bertz CT molecular complexity index is 525. The van der Waals surface area contributed by atoms with E-state index in [2.05, 4.69) is 11.2 Å². The van der Waals surface area contributed by atoms with Crippen LogP contribution in [-0.2, 0) is 18.3 Å². The van der Waals surface area contributed by atoms with Crippen molar-refractivity contribution in [1.29, 1.82) is 5.26 Å². The summed E-state index contributed by atoms with van der Waals surface area (Å²) in [5, 5.41) is 13.2. The van der Waals surface area contributed by atoms with Gasteiger partial charge in [-0.3, -0.25) is 4.68 Å². The van der Waals surface area contributed by atoms with Crippen molar-refractivity contribution in [3.63, 3.8) is 0 Å². The quantitative estimate of drug-likeness (QED) is 0.699. The molecular weight excluding hydrogens is 243 g/mol. The van der Waals surface area contributed by atoms with E-state index in [0.717, 1.165) is 5.46 Å². The fourth-order valence-electron chi connectivity index (χ4n) is 1.62. The number of aryl methyl sites for hydroxylation is 1. The standard InChI is InChI=1S/C12H19BN4O2/c1-12(2,3)19-11(18)16(4)7-8-10(13)9(6-14)17(5)15-8/h7,13H2,1-5H3. The summed E-state index contributed by atoms with van der Waals surface area (Å²) in [6.45, 7) is 5.77. The summed E-state index contributed by atoms with van der Waals surface area (Å²) in [6, 6.07) is 2.09. The Morgan fingerprint density at radius 3 is 2.58 bits per heavy atom. The van der Waals surface area contributed by atoms with Crippen LogP contribution in [0.3, 0.4) is 0 Å². The van der Waals surface area contributed by atoms with Crippen LogP contribution in [0.1, 0.15) is 32.2 Å². The van der Waals surface area contributed by atoms with Crippen LogP contribution >= 0.6 is 0 Å². The Morgan fingerprint density at radius 1 is 1.58 bits per heavy atom. The van der Waals surface area contributed by atoms with E-state index in [0.29, 0.717) is 17.9 Å². The lowest BCUT2D eigenvalue weighted by molar-refractivity contribution is 0.0283. The summed E-state index contributed by atoms with van der Waals surface area (Å²) < 4.78 is 6.78. The molecule has 0 spiro atoms. The van der Waals surface area contributed by atoms with Crippen LogP contribution in [0.25, 0.3) is 0 Å². The first kappa shape index (κ1) is 15.1. The average Bonchev–Trinajstić information content (AvgIpc) is 2.51. The lowest BCUT2D eigenvalue weighted by Gasteiger charge is -2.24. The number of nitriles is 1. The van der Waals surface area contributed by atoms with Gasteiger partial charge in [0.15, 0.2) is 0 Å². The molecule has 0 saturated heterocycles. The molecule has 19 heavy (non-hydrogen) atoms. The van der Waals surface area contributed by atoms with Gasteiger partial charge in [0.2, 0.25) is 0 Å². The normalized spacial score (nSPS) is 10.9. The molecule has 7 heteroatoms. The van der Waals surface area contributed by atoms with Gasteiger partial charge in [-0.25, -0.2) is 4.79 Å². The molecule has 102 valence electrons. The second kappa shape index (κ2) is 5.35. The molecule has 0 unspecified atom stereocenters. The van der Waals surface area contributed by atoms with Gasteiger partial charge in [0, 0.05) is 14.1 Å². The van der Waals surface area contributed by atoms with Crippen molar-refractivity contribution < 1.29 is 9.53 Å². The van der Waals surface area contributed by atoms with Gasteiger partial charge in [0.25, 0.3) is 0 Å². The van der Waals surface area contributed by atoms with Crippen molar-refractivity contribution in [3.8, 4) is 6.07 Å². The third-order valence-electron chi connectivity index (χ3n) is 2.58. The van der Waals surface area contributed by atoms with Gasteiger partial charge >= 0.3 is 6.09 Å². The molecule has 0 aliphatic carbocycles. The average molecular weight is 262 g/mol. The maximum Gasteiger partial charge on any atom is 0.410 e. The zero-order valence-electron chi connectivity index (χ0n) is 12.3. The second-order valence-electron chi connectivity index (χ2n) is 5.49. The lowest BCUT2D eigenvalue weighted by Crippen LogP contribution is -2.34. The molecule has 0 aliphatic rings. The molecule has 0 fully saturated rings. The number of hydrogen-bond acceptors (Lipinski definition) is 4. The van der Waals surface area contributed by atoms with Gasteiger partial charge < -0.3 is 9.64 Å². The van der Waals surface area contributed by atoms with E-state index >= 15 is 0 Å². The minimum absolute atomic E-state index is 0.316. The van der Waals surface area contributed by atoms with Crippen molar-refractivity contribution in [3.05, 3.63) is 11.4 Å². The van der Waals surface area contributed by atoms with E-state index in [1.807, 2.05) is 28.6 Å². The number of ether oxygens (including phenoxy) is 1. The highest BCUT2D eigenvalue weighted by Crippen LogP contribution is 2.10. The smallest absolute Gasteiger partial charge is 0.410 e. The van der Waals surface area contributed by atoms with Crippen molar-refractivity contribution in [2.75, 3.05) is 7.05 Å². The number of amides is 1. The molecule has 0 aliphatic heterocycles. The highest BCUT2D eigenvalue weighted by molar-refractivity contribution is 6.34. The van der Waals surface area contributed by atoms with Crippen LogP contribution in [-0.4, -0.2) is 41.3 Å². The van der Waals surface area contributed by atoms with Crippen LogP contribution < -0.4 is 5.46 Å². The SMILES string of the molecule is Bc1c(CN(C)C(=O)OC(C)(C)C)nn(C)c1C#N. The van der Waals surface area contributed by atoms with E-state index in [4.69, 9.17) is 10.00 Å². The van der Waals surface area contributed by atoms with E-state index in [9.17, 15) is 4.79 Å². The summed E-state index contributed by atoms with van der Waals surface area (Å²) in [6.07, 6.45) is -0.406. The number of aromatic nitrogens is 2. The lowest BCUT2D eigenvalue weighted by atomic mass is 9.93. The fraction of sp³-hybridized carbons (Fsp3) is 0.583. The van der Waals surface area contributed by atoms with Crippen LogP contribution in [0.15, 0.2) is 0 Å². The van der Waals surface area contributed by atoms with Crippen molar-refractivity contribution in [2.24, 2.45) is 7.05 Å². The molecule has 0 N–H and O–H groups in total. The number of nitrogens with zero attached hydrogens (tertiary/aromatic N) is 4. The van der Waals surface area contributed by atoms with Crippen LogP contribution in [0.4, 0.5) is 4.79 Å². The molecule has 0 atom stereocenters. The Hall–Kier alpha value is -1.97. The molecule has 0 saturated carbocycles. The van der Waals surface area contributed by atoms with Crippen molar-refractivity contribution in [2.45, 2.75) is 32.9 Å². The molecule has 1 amide bonds. The summed E-state index contributed by atoms with van der Waals surface area (Å²) >= 11 is 0. The van der Waals surface area contributed by atoms with Gasteiger partial charge in [-0.05, 0) is 26.2 Å².